The molecule has 1 aromatic carbocycles. The standard InChI is InChI=1S/C23H27N3O4/c1-15-11-16(2)24-20(15)12-19-18-7-3-4-8-21(18)26(22(19)28)23(29)30-14-17(27)13-25-9-5-6-10-25/h3-4,7-8,11-12,17,24,27H,5-6,9-10,13-14H2,1-2H3/b19-12-. The summed E-state index contributed by atoms with van der Waals surface area (Å²) in [7, 11) is 0. The Bertz CT molecular complexity index is 988. The Morgan fingerprint density at radius 2 is 2.00 bits per heavy atom. The van der Waals surface area contributed by atoms with Crippen molar-refractivity contribution in [2.75, 3.05) is 31.1 Å². The van der Waals surface area contributed by atoms with E-state index in [-0.39, 0.29) is 6.61 Å². The molecule has 0 spiro atoms. The van der Waals surface area contributed by atoms with Gasteiger partial charge in [0.1, 0.15) is 12.7 Å². The zero-order chi connectivity index (χ0) is 21.3. The van der Waals surface area contributed by atoms with Crippen molar-refractivity contribution < 1.29 is 19.4 Å². The van der Waals surface area contributed by atoms with Crippen molar-refractivity contribution >= 4 is 29.3 Å². The molecule has 0 aliphatic carbocycles. The fourth-order valence-electron chi connectivity index (χ4n) is 4.15. The molecule has 30 heavy (non-hydrogen) atoms. The smallest absolute Gasteiger partial charge is 0.421 e. The lowest BCUT2D eigenvalue weighted by Crippen LogP contribution is -2.38. The number of likely N-dealkylation sites (tertiary alicyclic amines) is 1. The lowest BCUT2D eigenvalue weighted by atomic mass is 10.1. The van der Waals surface area contributed by atoms with Crippen molar-refractivity contribution in [1.82, 2.24) is 9.88 Å². The van der Waals surface area contributed by atoms with E-state index in [0.29, 0.717) is 23.4 Å². The fraction of sp³-hybridized carbons (Fsp3) is 0.391. The number of hydrogen-bond donors (Lipinski definition) is 2. The second-order valence-electron chi connectivity index (χ2n) is 8.00. The van der Waals surface area contributed by atoms with Crippen LogP contribution in [0.25, 0.3) is 11.6 Å². The molecule has 1 aromatic heterocycles. The minimum atomic E-state index is -0.778. The summed E-state index contributed by atoms with van der Waals surface area (Å²) in [5.41, 5.74) is 4.47. The van der Waals surface area contributed by atoms with Gasteiger partial charge in [-0.25, -0.2) is 9.69 Å². The van der Waals surface area contributed by atoms with Crippen molar-refractivity contribution in [3.05, 3.63) is 52.8 Å². The zero-order valence-corrected chi connectivity index (χ0v) is 17.4. The van der Waals surface area contributed by atoms with Crippen LogP contribution in [0.4, 0.5) is 10.5 Å². The first-order valence-corrected chi connectivity index (χ1v) is 10.3. The molecule has 1 unspecified atom stereocenters. The number of nitrogens with one attached hydrogen (secondary N) is 1. The van der Waals surface area contributed by atoms with Crippen LogP contribution >= 0.6 is 0 Å². The van der Waals surface area contributed by atoms with Gasteiger partial charge >= 0.3 is 6.09 Å². The van der Waals surface area contributed by atoms with Crippen molar-refractivity contribution in [1.29, 1.82) is 0 Å². The highest BCUT2D eigenvalue weighted by atomic mass is 16.6. The Balaban J connectivity index is 1.51. The predicted octanol–water partition coefficient (Wildman–Crippen LogP) is 3.11. The monoisotopic (exact) mass is 409 g/mol. The van der Waals surface area contributed by atoms with Gasteiger partial charge in [-0.3, -0.25) is 4.79 Å². The van der Waals surface area contributed by atoms with Crippen LogP contribution in [0.1, 0.15) is 35.4 Å². The molecule has 0 saturated carbocycles. The summed E-state index contributed by atoms with van der Waals surface area (Å²) in [6.07, 6.45) is 2.48. The molecule has 2 aliphatic rings. The molecule has 0 bridgehead atoms. The van der Waals surface area contributed by atoms with E-state index in [4.69, 9.17) is 4.74 Å². The lowest BCUT2D eigenvalue weighted by molar-refractivity contribution is -0.112. The average Bonchev–Trinajstić information content (AvgIpc) is 3.40. The maximum Gasteiger partial charge on any atom is 0.421 e. The van der Waals surface area contributed by atoms with E-state index in [1.54, 1.807) is 18.2 Å². The molecule has 7 nitrogen and oxygen atoms in total. The number of carbonyl (C=O) groups excluding carboxylic acids is 2. The molecule has 0 radical (unpaired) electrons. The molecule has 1 atom stereocenters. The lowest BCUT2D eigenvalue weighted by Gasteiger charge is -2.20. The number of ether oxygens (including phenoxy) is 1. The summed E-state index contributed by atoms with van der Waals surface area (Å²) >= 11 is 0. The van der Waals surface area contributed by atoms with Crippen LogP contribution in [0.3, 0.4) is 0 Å². The van der Waals surface area contributed by atoms with E-state index >= 15 is 0 Å². The van der Waals surface area contributed by atoms with Crippen LogP contribution in [-0.2, 0) is 9.53 Å². The first kappa shape index (κ1) is 20.4. The average molecular weight is 409 g/mol. The summed E-state index contributed by atoms with van der Waals surface area (Å²) in [6, 6.07) is 9.16. The molecule has 2 aromatic rings. The third kappa shape index (κ3) is 4.04. The number of H-pyrrole nitrogens is 1. The van der Waals surface area contributed by atoms with Crippen molar-refractivity contribution in [3.8, 4) is 0 Å². The minimum Gasteiger partial charge on any atom is -0.446 e. The molecule has 2 amide bonds. The molecule has 1 fully saturated rings. The molecule has 7 heteroatoms. The molecule has 2 aliphatic heterocycles. The number of aromatic amines is 1. The number of aromatic nitrogens is 1. The van der Waals surface area contributed by atoms with E-state index < -0.39 is 18.1 Å². The van der Waals surface area contributed by atoms with E-state index in [1.807, 2.05) is 32.0 Å². The number of carbonyl (C=O) groups is 2. The Morgan fingerprint density at radius 1 is 1.27 bits per heavy atom. The van der Waals surface area contributed by atoms with E-state index in [0.717, 1.165) is 47.8 Å². The van der Waals surface area contributed by atoms with Gasteiger partial charge in [0, 0.05) is 23.5 Å². The molecule has 4 rings (SSSR count). The Kier molecular flexibility index (Phi) is 5.74. The Hall–Kier alpha value is -2.90. The van der Waals surface area contributed by atoms with E-state index in [9.17, 15) is 14.7 Å². The number of aryl methyl sites for hydroxylation is 2. The van der Waals surface area contributed by atoms with Crippen LogP contribution in [0, 0.1) is 13.8 Å². The predicted molar refractivity (Wildman–Crippen MR) is 115 cm³/mol. The number of β-amino-alcohol motifs (C(OH)–C–C–N with tert-alkyl or cyclic N) is 1. The first-order chi connectivity index (χ1) is 14.4. The quantitative estimate of drug-likeness (QED) is 0.741. The molecular formula is C23H27N3O4. The number of rotatable bonds is 5. The van der Waals surface area contributed by atoms with Gasteiger partial charge < -0.3 is 19.7 Å². The number of hydrogen-bond acceptors (Lipinski definition) is 5. The van der Waals surface area contributed by atoms with Gasteiger partial charge in [-0.1, -0.05) is 18.2 Å². The van der Waals surface area contributed by atoms with Crippen LogP contribution in [-0.4, -0.2) is 59.3 Å². The number of amides is 2. The van der Waals surface area contributed by atoms with Crippen molar-refractivity contribution in [2.45, 2.75) is 32.8 Å². The van der Waals surface area contributed by atoms with Crippen LogP contribution in [0.15, 0.2) is 30.3 Å². The SMILES string of the molecule is Cc1cc(C)c(/C=C2\C(=O)N(C(=O)OCC(O)CN3CCCC3)c3ccccc32)[nH]1. The van der Waals surface area contributed by atoms with Gasteiger partial charge in [0.15, 0.2) is 0 Å². The van der Waals surface area contributed by atoms with Gasteiger partial charge in [0.25, 0.3) is 5.91 Å². The number of anilines is 1. The maximum atomic E-state index is 13.1. The molecule has 3 heterocycles. The Labute approximate surface area is 175 Å². The minimum absolute atomic E-state index is 0.144. The van der Waals surface area contributed by atoms with Gasteiger partial charge in [0.05, 0.1) is 11.3 Å². The highest BCUT2D eigenvalue weighted by Crippen LogP contribution is 2.38. The third-order valence-corrected chi connectivity index (χ3v) is 5.60. The number of aliphatic hydroxyl groups excluding tert-OH is 1. The van der Waals surface area contributed by atoms with E-state index in [1.165, 1.54) is 0 Å². The molecular weight excluding hydrogens is 382 g/mol. The van der Waals surface area contributed by atoms with Gasteiger partial charge in [-0.15, -0.1) is 0 Å². The number of aliphatic hydroxyl groups is 1. The second kappa shape index (κ2) is 8.45. The second-order valence-corrected chi connectivity index (χ2v) is 8.00. The highest BCUT2D eigenvalue weighted by molar-refractivity contribution is 6.41. The van der Waals surface area contributed by atoms with Crippen LogP contribution in [0.5, 0.6) is 0 Å². The molecule has 158 valence electrons. The summed E-state index contributed by atoms with van der Waals surface area (Å²) in [5.74, 6) is -0.429. The maximum absolute atomic E-state index is 13.1. The fourth-order valence-corrected chi connectivity index (χ4v) is 4.15. The summed E-state index contributed by atoms with van der Waals surface area (Å²) in [5, 5.41) is 10.2. The third-order valence-electron chi connectivity index (χ3n) is 5.60. The summed E-state index contributed by atoms with van der Waals surface area (Å²) < 4.78 is 5.31. The van der Waals surface area contributed by atoms with Crippen LogP contribution in [0.2, 0.25) is 0 Å². The summed E-state index contributed by atoms with van der Waals surface area (Å²) in [4.78, 5) is 32.3. The molecule has 1 saturated heterocycles. The number of fused-ring (bicyclic) bond motifs is 1. The van der Waals surface area contributed by atoms with Gasteiger partial charge in [-0.05, 0) is 63.6 Å². The van der Waals surface area contributed by atoms with Crippen molar-refractivity contribution in [2.24, 2.45) is 0 Å². The van der Waals surface area contributed by atoms with E-state index in [2.05, 4.69) is 9.88 Å². The van der Waals surface area contributed by atoms with Gasteiger partial charge in [0.2, 0.25) is 0 Å². The molecule has 2 N–H and O–H groups in total. The first-order valence-electron chi connectivity index (χ1n) is 10.3. The normalized spacial score (nSPS) is 18.8. The number of imide groups is 1. The largest absolute Gasteiger partial charge is 0.446 e. The number of benzene rings is 1. The highest BCUT2D eigenvalue weighted by Gasteiger charge is 2.38. The number of nitrogens with zero attached hydrogens (tertiary/aromatic N) is 2. The summed E-state index contributed by atoms with van der Waals surface area (Å²) in [6.45, 7) is 6.15. The van der Waals surface area contributed by atoms with Crippen LogP contribution < -0.4 is 4.90 Å². The Morgan fingerprint density at radius 3 is 2.70 bits per heavy atom. The topological polar surface area (TPSA) is 85.9 Å². The zero-order valence-electron chi connectivity index (χ0n) is 17.4. The van der Waals surface area contributed by atoms with Gasteiger partial charge in [-0.2, -0.15) is 0 Å². The number of para-hydroxylation sites is 1. The van der Waals surface area contributed by atoms with Crippen molar-refractivity contribution in [3.63, 3.8) is 0 Å².